The predicted octanol–water partition coefficient (Wildman–Crippen LogP) is 4.82. The fourth-order valence-electron chi connectivity index (χ4n) is 3.02. The third-order valence-electron chi connectivity index (χ3n) is 4.33. The summed E-state index contributed by atoms with van der Waals surface area (Å²) in [6.07, 6.45) is 1.27. The van der Waals surface area contributed by atoms with Crippen molar-refractivity contribution in [3.63, 3.8) is 0 Å². The molecular weight excluding hydrogens is 272 g/mol. The number of ether oxygens (including phenoxy) is 1. The van der Waals surface area contributed by atoms with E-state index in [-0.39, 0.29) is 6.10 Å². The van der Waals surface area contributed by atoms with Gasteiger partial charge in [0.15, 0.2) is 0 Å². The molecule has 0 amide bonds. The summed E-state index contributed by atoms with van der Waals surface area (Å²) < 4.78 is 8.44. The Morgan fingerprint density at radius 1 is 1.18 bits per heavy atom. The summed E-state index contributed by atoms with van der Waals surface area (Å²) >= 11 is 0. The number of fused-ring (bicyclic) bond motifs is 1. The molecule has 2 rings (SSSR count). The van der Waals surface area contributed by atoms with E-state index < -0.39 is 0 Å². The zero-order valence-electron chi connectivity index (χ0n) is 14.9. The first kappa shape index (κ1) is 16.9. The molecule has 1 N–H and O–H groups in total. The van der Waals surface area contributed by atoms with Gasteiger partial charge in [0, 0.05) is 29.2 Å². The van der Waals surface area contributed by atoms with E-state index >= 15 is 0 Å². The summed E-state index contributed by atoms with van der Waals surface area (Å²) in [6.45, 7) is 15.0. The van der Waals surface area contributed by atoms with Crippen LogP contribution in [0.25, 0.3) is 10.9 Å². The van der Waals surface area contributed by atoms with Crippen molar-refractivity contribution in [2.75, 3.05) is 6.54 Å². The summed E-state index contributed by atoms with van der Waals surface area (Å²) in [5.74, 6) is 0.973. The van der Waals surface area contributed by atoms with Crippen molar-refractivity contribution >= 4 is 10.9 Å². The van der Waals surface area contributed by atoms with Gasteiger partial charge in [-0.15, -0.1) is 0 Å². The van der Waals surface area contributed by atoms with E-state index in [4.69, 9.17) is 4.74 Å². The van der Waals surface area contributed by atoms with E-state index in [1.54, 1.807) is 0 Å². The smallest absolute Gasteiger partial charge is 0.120 e. The fourth-order valence-corrected chi connectivity index (χ4v) is 3.02. The maximum atomic E-state index is 6.01. The predicted molar refractivity (Wildman–Crippen MR) is 94.8 cm³/mol. The van der Waals surface area contributed by atoms with Crippen LogP contribution in [0.4, 0.5) is 0 Å². The van der Waals surface area contributed by atoms with E-state index in [2.05, 4.69) is 69.6 Å². The molecule has 22 heavy (non-hydrogen) atoms. The van der Waals surface area contributed by atoms with E-state index in [0.717, 1.165) is 25.3 Å². The maximum absolute atomic E-state index is 6.01. The van der Waals surface area contributed by atoms with Gasteiger partial charge in [-0.2, -0.15) is 0 Å². The summed E-state index contributed by atoms with van der Waals surface area (Å²) in [6, 6.07) is 6.97. The average Bonchev–Trinajstić information content (AvgIpc) is 2.76. The lowest BCUT2D eigenvalue weighted by atomic mass is 10.1. The number of hydrogen-bond acceptors (Lipinski definition) is 2. The highest BCUT2D eigenvalue weighted by atomic mass is 16.5. The van der Waals surface area contributed by atoms with Crippen molar-refractivity contribution in [1.82, 2.24) is 9.88 Å². The molecule has 1 atom stereocenters. The number of aromatic nitrogens is 1. The molecule has 0 aliphatic rings. The van der Waals surface area contributed by atoms with E-state index in [1.165, 1.54) is 22.2 Å². The highest BCUT2D eigenvalue weighted by molar-refractivity contribution is 5.87. The summed E-state index contributed by atoms with van der Waals surface area (Å²) in [7, 11) is 0. The number of benzene rings is 1. The molecule has 3 heteroatoms. The minimum absolute atomic E-state index is 0.253. The third-order valence-corrected chi connectivity index (χ3v) is 4.33. The van der Waals surface area contributed by atoms with Crippen LogP contribution in [0.15, 0.2) is 18.2 Å². The lowest BCUT2D eigenvalue weighted by Gasteiger charge is -2.14. The molecule has 1 aromatic heterocycles. The van der Waals surface area contributed by atoms with E-state index in [0.29, 0.717) is 6.04 Å². The molecule has 0 unspecified atom stereocenters. The van der Waals surface area contributed by atoms with Crippen molar-refractivity contribution in [2.24, 2.45) is 0 Å². The lowest BCUT2D eigenvalue weighted by molar-refractivity contribution is 0.217. The Balaban J connectivity index is 2.52. The van der Waals surface area contributed by atoms with Gasteiger partial charge in [0.2, 0.25) is 0 Å². The van der Waals surface area contributed by atoms with E-state index in [1.807, 2.05) is 0 Å². The molecule has 0 saturated heterocycles. The number of nitrogens with one attached hydrogen (secondary N) is 1. The number of nitrogens with zero attached hydrogens (tertiary/aromatic N) is 1. The van der Waals surface area contributed by atoms with Crippen LogP contribution in [0.3, 0.4) is 0 Å². The van der Waals surface area contributed by atoms with Gasteiger partial charge in [-0.25, -0.2) is 0 Å². The molecule has 1 heterocycles. The molecule has 0 aliphatic carbocycles. The molecule has 0 saturated carbocycles. The molecule has 0 spiro atoms. The second kappa shape index (κ2) is 7.19. The molecule has 1 aromatic carbocycles. The Kier molecular flexibility index (Phi) is 5.52. The summed E-state index contributed by atoms with van der Waals surface area (Å²) in [5.41, 5.74) is 4.05. The average molecular weight is 302 g/mol. The Morgan fingerprint density at radius 3 is 2.50 bits per heavy atom. The molecule has 3 nitrogen and oxygen atoms in total. The van der Waals surface area contributed by atoms with Gasteiger partial charge in [-0.05, 0) is 64.4 Å². The van der Waals surface area contributed by atoms with Crippen molar-refractivity contribution in [3.8, 4) is 5.75 Å². The van der Waals surface area contributed by atoms with Gasteiger partial charge in [0.25, 0.3) is 0 Å². The summed E-state index contributed by atoms with van der Waals surface area (Å²) in [4.78, 5) is 0. The minimum atomic E-state index is 0.253. The van der Waals surface area contributed by atoms with Gasteiger partial charge in [0.05, 0.1) is 6.10 Å². The van der Waals surface area contributed by atoms with E-state index in [9.17, 15) is 0 Å². The molecule has 0 fully saturated rings. The second-order valence-corrected chi connectivity index (χ2v) is 6.32. The normalized spacial score (nSPS) is 13.0. The molecule has 0 radical (unpaired) electrons. The van der Waals surface area contributed by atoms with Crippen LogP contribution in [0, 0.1) is 6.92 Å². The molecule has 2 aromatic rings. The molecule has 0 bridgehead atoms. The SMILES string of the molecule is CCNCc1c(C)n(C(C)C)c2ccc(O[C@H](C)CC)cc12. The van der Waals surface area contributed by atoms with Gasteiger partial charge >= 0.3 is 0 Å². The summed E-state index contributed by atoms with van der Waals surface area (Å²) in [5, 5.41) is 4.78. The molecule has 0 aliphatic heterocycles. The zero-order valence-corrected chi connectivity index (χ0v) is 14.9. The number of hydrogen-bond donors (Lipinski definition) is 1. The number of rotatable bonds is 7. The van der Waals surface area contributed by atoms with Crippen LogP contribution < -0.4 is 10.1 Å². The van der Waals surface area contributed by atoms with Crippen LogP contribution in [0.5, 0.6) is 5.75 Å². The third kappa shape index (κ3) is 3.30. The van der Waals surface area contributed by atoms with Gasteiger partial charge in [-0.3, -0.25) is 0 Å². The maximum Gasteiger partial charge on any atom is 0.120 e. The van der Waals surface area contributed by atoms with Crippen LogP contribution in [-0.2, 0) is 6.54 Å². The lowest BCUT2D eigenvalue weighted by Crippen LogP contribution is -2.13. The van der Waals surface area contributed by atoms with Gasteiger partial charge in [-0.1, -0.05) is 13.8 Å². The quantitative estimate of drug-likeness (QED) is 0.793. The topological polar surface area (TPSA) is 26.2 Å². The molecular formula is C19H30N2O. The fraction of sp³-hybridized carbons (Fsp3) is 0.579. The Labute approximate surface area is 134 Å². The van der Waals surface area contributed by atoms with Crippen LogP contribution >= 0.6 is 0 Å². The highest BCUT2D eigenvalue weighted by Crippen LogP contribution is 2.32. The van der Waals surface area contributed by atoms with Crippen molar-refractivity contribution in [1.29, 1.82) is 0 Å². The zero-order chi connectivity index (χ0) is 16.3. The first-order valence-corrected chi connectivity index (χ1v) is 8.50. The Morgan fingerprint density at radius 2 is 1.91 bits per heavy atom. The minimum Gasteiger partial charge on any atom is -0.491 e. The molecule has 122 valence electrons. The Bertz CT molecular complexity index is 628. The standard InChI is InChI=1S/C19H30N2O/c1-7-14(5)22-16-9-10-19-17(11-16)18(12-20-8-2)15(6)21(19)13(3)4/h9-11,13-14,20H,7-8,12H2,1-6H3/t14-/m1/s1. The van der Waals surface area contributed by atoms with Gasteiger partial charge < -0.3 is 14.6 Å². The van der Waals surface area contributed by atoms with Crippen LogP contribution in [-0.4, -0.2) is 17.2 Å². The van der Waals surface area contributed by atoms with Crippen LogP contribution in [0.2, 0.25) is 0 Å². The Hall–Kier alpha value is -1.48. The van der Waals surface area contributed by atoms with Crippen molar-refractivity contribution in [2.45, 2.75) is 66.7 Å². The van der Waals surface area contributed by atoms with Crippen molar-refractivity contribution in [3.05, 3.63) is 29.5 Å². The van der Waals surface area contributed by atoms with Crippen LogP contribution in [0.1, 0.15) is 58.3 Å². The second-order valence-electron chi connectivity index (χ2n) is 6.32. The van der Waals surface area contributed by atoms with Crippen molar-refractivity contribution < 1.29 is 4.74 Å². The first-order chi connectivity index (χ1) is 10.5. The highest BCUT2D eigenvalue weighted by Gasteiger charge is 2.16. The first-order valence-electron chi connectivity index (χ1n) is 8.50. The van der Waals surface area contributed by atoms with Gasteiger partial charge in [0.1, 0.15) is 5.75 Å². The largest absolute Gasteiger partial charge is 0.491 e. The monoisotopic (exact) mass is 302 g/mol.